The van der Waals surface area contributed by atoms with Gasteiger partial charge in [-0.25, -0.2) is 0 Å². The van der Waals surface area contributed by atoms with E-state index in [9.17, 15) is 5.11 Å². The van der Waals surface area contributed by atoms with Gasteiger partial charge in [-0.3, -0.25) is 9.55 Å². The Morgan fingerprint density at radius 3 is 2.43 bits per heavy atom. The third kappa shape index (κ3) is 4.15. The summed E-state index contributed by atoms with van der Waals surface area (Å²) in [6.45, 7) is 0.639. The van der Waals surface area contributed by atoms with Crippen LogP contribution < -0.4 is 10.1 Å². The van der Waals surface area contributed by atoms with Gasteiger partial charge in [-0.2, -0.15) is 0 Å². The summed E-state index contributed by atoms with van der Waals surface area (Å²) in [6.07, 6.45) is 3.75. The van der Waals surface area contributed by atoms with Gasteiger partial charge in [0.25, 0.3) is 0 Å². The molecule has 4 aromatic carbocycles. The molecule has 0 unspecified atom stereocenters. The number of hydrogen-bond acceptors (Lipinski definition) is 4. The third-order valence-corrected chi connectivity index (χ3v) is 6.06. The lowest BCUT2D eigenvalue weighted by Gasteiger charge is -2.10. The second kappa shape index (κ2) is 8.88. The van der Waals surface area contributed by atoms with Crippen LogP contribution in [0.5, 0.6) is 17.4 Å². The lowest BCUT2D eigenvalue weighted by molar-refractivity contribution is 0.448. The van der Waals surface area contributed by atoms with Crippen LogP contribution in [0.3, 0.4) is 0 Å². The zero-order valence-corrected chi connectivity index (χ0v) is 18.9. The van der Waals surface area contributed by atoms with Crippen molar-refractivity contribution in [3.05, 3.63) is 121 Å². The molecular formula is C30H23N3O2. The lowest BCUT2D eigenvalue weighted by Crippen LogP contribution is -2.00. The Morgan fingerprint density at radius 1 is 0.771 bits per heavy atom. The van der Waals surface area contributed by atoms with Gasteiger partial charge in [-0.1, -0.05) is 42.5 Å². The van der Waals surface area contributed by atoms with Crippen LogP contribution in [0.1, 0.15) is 5.56 Å². The fourth-order valence-electron chi connectivity index (χ4n) is 4.32. The van der Waals surface area contributed by atoms with Crippen LogP contribution in [-0.4, -0.2) is 14.7 Å². The maximum Gasteiger partial charge on any atom is 0.205 e. The van der Waals surface area contributed by atoms with Crippen molar-refractivity contribution >= 4 is 27.4 Å². The van der Waals surface area contributed by atoms with Crippen molar-refractivity contribution in [2.24, 2.45) is 0 Å². The molecule has 0 saturated heterocycles. The fourth-order valence-corrected chi connectivity index (χ4v) is 4.32. The Morgan fingerprint density at radius 2 is 1.57 bits per heavy atom. The summed E-state index contributed by atoms with van der Waals surface area (Å²) in [7, 11) is 0. The molecule has 0 atom stereocenters. The summed E-state index contributed by atoms with van der Waals surface area (Å²) in [5, 5.41) is 17.5. The number of anilines is 1. The molecule has 0 bridgehead atoms. The third-order valence-electron chi connectivity index (χ3n) is 6.06. The van der Waals surface area contributed by atoms with E-state index in [1.165, 1.54) is 0 Å². The van der Waals surface area contributed by atoms with Crippen LogP contribution >= 0.6 is 0 Å². The van der Waals surface area contributed by atoms with Crippen LogP contribution in [0.25, 0.3) is 27.4 Å². The van der Waals surface area contributed by atoms with E-state index in [0.717, 1.165) is 50.1 Å². The number of aromatic hydroxyl groups is 1. The van der Waals surface area contributed by atoms with Gasteiger partial charge in [0.15, 0.2) is 0 Å². The number of benzene rings is 4. The van der Waals surface area contributed by atoms with E-state index in [2.05, 4.69) is 28.5 Å². The Kier molecular flexibility index (Phi) is 5.28. The molecule has 5 nitrogen and oxygen atoms in total. The quantitative estimate of drug-likeness (QED) is 0.276. The average molecular weight is 458 g/mol. The van der Waals surface area contributed by atoms with Crippen molar-refractivity contribution in [3.8, 4) is 23.1 Å². The lowest BCUT2D eigenvalue weighted by atomic mass is 10.1. The molecule has 0 radical (unpaired) electrons. The maximum absolute atomic E-state index is 11.2. The Labute approximate surface area is 202 Å². The molecule has 6 aromatic rings. The number of aromatic nitrogens is 2. The van der Waals surface area contributed by atoms with Crippen LogP contribution in [-0.2, 0) is 6.54 Å². The van der Waals surface area contributed by atoms with E-state index >= 15 is 0 Å². The number of nitrogens with one attached hydrogen (secondary N) is 1. The molecule has 2 N–H and O–H groups in total. The van der Waals surface area contributed by atoms with Gasteiger partial charge >= 0.3 is 0 Å². The maximum atomic E-state index is 11.2. The molecule has 0 fully saturated rings. The predicted octanol–water partition coefficient (Wildman–Crippen LogP) is 7.29. The monoisotopic (exact) mass is 457 g/mol. The minimum absolute atomic E-state index is 0.197. The van der Waals surface area contributed by atoms with Crippen molar-refractivity contribution in [2.45, 2.75) is 6.54 Å². The summed E-state index contributed by atoms with van der Waals surface area (Å²) in [5.41, 5.74) is 3.87. The van der Waals surface area contributed by atoms with Gasteiger partial charge in [-0.15, -0.1) is 0 Å². The number of rotatable bonds is 6. The number of ether oxygens (including phenoxy) is 1. The van der Waals surface area contributed by atoms with Gasteiger partial charge in [0.1, 0.15) is 11.5 Å². The molecule has 6 rings (SSSR count). The molecule has 0 aliphatic carbocycles. The van der Waals surface area contributed by atoms with Crippen LogP contribution in [0.4, 0.5) is 5.69 Å². The molecule has 170 valence electrons. The molecule has 35 heavy (non-hydrogen) atoms. The van der Waals surface area contributed by atoms with Crippen molar-refractivity contribution in [1.29, 1.82) is 0 Å². The number of hydrogen-bond donors (Lipinski definition) is 2. The van der Waals surface area contributed by atoms with Crippen molar-refractivity contribution in [1.82, 2.24) is 9.55 Å². The SMILES string of the molecule is Oc1c2c(NCc3ccc4ncccc4c3)cccc2cn1-c1ccc(Oc2ccccc2)cc1. The predicted molar refractivity (Wildman–Crippen MR) is 141 cm³/mol. The first-order chi connectivity index (χ1) is 17.2. The second-order valence-corrected chi connectivity index (χ2v) is 8.39. The first kappa shape index (κ1) is 20.8. The van der Waals surface area contributed by atoms with Gasteiger partial charge in [0.05, 0.1) is 10.9 Å². The van der Waals surface area contributed by atoms with E-state index in [-0.39, 0.29) is 5.88 Å². The van der Waals surface area contributed by atoms with Gasteiger partial charge in [-0.05, 0) is 66.2 Å². The number of nitrogens with zero attached hydrogens (tertiary/aromatic N) is 2. The highest BCUT2D eigenvalue weighted by atomic mass is 16.5. The van der Waals surface area contributed by atoms with E-state index in [1.54, 1.807) is 10.8 Å². The standard InChI is InChI=1S/C30H23N3O2/c34-30-29-23(20-33(30)24-12-14-26(15-13-24)35-25-8-2-1-3-9-25)6-4-10-28(29)32-19-21-11-16-27-22(18-21)7-5-17-31-27/h1-18,20,32,34H,19H2. The minimum atomic E-state index is 0.197. The highest BCUT2D eigenvalue weighted by molar-refractivity contribution is 5.99. The van der Waals surface area contributed by atoms with Crippen molar-refractivity contribution < 1.29 is 9.84 Å². The summed E-state index contributed by atoms with van der Waals surface area (Å²) >= 11 is 0. The zero-order chi connectivity index (χ0) is 23.6. The van der Waals surface area contributed by atoms with E-state index in [4.69, 9.17) is 4.74 Å². The summed E-state index contributed by atoms with van der Waals surface area (Å²) in [6, 6.07) is 33.6. The molecule has 0 aliphatic rings. The van der Waals surface area contributed by atoms with Crippen LogP contribution in [0.15, 0.2) is 116 Å². The molecule has 2 aromatic heterocycles. The molecule has 0 aliphatic heterocycles. The molecule has 0 spiro atoms. The Hall–Kier alpha value is -4.77. The normalized spacial score (nSPS) is 11.1. The summed E-state index contributed by atoms with van der Waals surface area (Å²) in [5.74, 6) is 1.72. The summed E-state index contributed by atoms with van der Waals surface area (Å²) in [4.78, 5) is 4.39. The Balaban J connectivity index is 1.26. The largest absolute Gasteiger partial charge is 0.494 e. The molecule has 2 heterocycles. The molecular weight excluding hydrogens is 434 g/mol. The van der Waals surface area contributed by atoms with Crippen LogP contribution in [0, 0.1) is 0 Å². The number of fused-ring (bicyclic) bond motifs is 2. The molecule has 5 heteroatoms. The number of pyridine rings is 1. The highest BCUT2D eigenvalue weighted by Gasteiger charge is 2.14. The van der Waals surface area contributed by atoms with Crippen LogP contribution in [0.2, 0.25) is 0 Å². The van der Waals surface area contributed by atoms with Gasteiger partial charge in [0, 0.05) is 41.1 Å². The Bertz CT molecular complexity index is 1620. The fraction of sp³-hybridized carbons (Fsp3) is 0.0333. The van der Waals surface area contributed by atoms with E-state index in [0.29, 0.717) is 6.54 Å². The zero-order valence-electron chi connectivity index (χ0n) is 18.9. The van der Waals surface area contributed by atoms with Gasteiger partial charge in [0.2, 0.25) is 5.88 Å². The number of para-hydroxylation sites is 1. The summed E-state index contributed by atoms with van der Waals surface area (Å²) < 4.78 is 7.69. The van der Waals surface area contributed by atoms with Crippen molar-refractivity contribution in [3.63, 3.8) is 0 Å². The highest BCUT2D eigenvalue weighted by Crippen LogP contribution is 2.36. The van der Waals surface area contributed by atoms with E-state index < -0.39 is 0 Å². The molecule has 0 saturated carbocycles. The molecule has 0 amide bonds. The minimum Gasteiger partial charge on any atom is -0.494 e. The van der Waals surface area contributed by atoms with E-state index in [1.807, 2.05) is 91.1 Å². The topological polar surface area (TPSA) is 59.3 Å². The first-order valence-corrected chi connectivity index (χ1v) is 11.5. The smallest absolute Gasteiger partial charge is 0.205 e. The average Bonchev–Trinajstić information content (AvgIpc) is 3.25. The van der Waals surface area contributed by atoms with Crippen molar-refractivity contribution in [2.75, 3.05) is 5.32 Å². The first-order valence-electron chi connectivity index (χ1n) is 11.5. The second-order valence-electron chi connectivity index (χ2n) is 8.39. The van der Waals surface area contributed by atoms with Gasteiger partial charge < -0.3 is 15.2 Å².